The third kappa shape index (κ3) is 4.57. The van der Waals surface area contributed by atoms with Gasteiger partial charge in [-0.1, -0.05) is 103 Å². The number of ether oxygens (including phenoxy) is 1. The number of fused-ring (bicyclic) bond motifs is 8. The number of benzene rings is 8. The second-order valence-corrected chi connectivity index (χ2v) is 11.5. The monoisotopic (exact) mass is 706 g/mol. The van der Waals surface area contributed by atoms with Crippen molar-refractivity contribution in [2.45, 2.75) is 0 Å². The first kappa shape index (κ1) is 12.9. The molecule has 4 nitrogen and oxygen atoms in total. The molecule has 1 aliphatic heterocycles. The third-order valence-corrected chi connectivity index (χ3v) is 8.58. The zero-order valence-electron chi connectivity index (χ0n) is 55.3. The minimum absolute atomic E-state index is 0.433. The van der Waals surface area contributed by atoms with Gasteiger partial charge in [0.15, 0.2) is 0 Å². The highest BCUT2D eigenvalue weighted by Crippen LogP contribution is 2.40. The molecule has 247 valence electrons. The van der Waals surface area contributed by atoms with Crippen molar-refractivity contribution in [1.82, 2.24) is 9.13 Å². The number of aromatic hydroxyl groups is 1. The van der Waals surface area contributed by atoms with Gasteiger partial charge in [0.1, 0.15) is 17.2 Å². The van der Waals surface area contributed by atoms with Crippen molar-refractivity contribution >= 4 is 61.8 Å². The lowest BCUT2D eigenvalue weighted by Crippen LogP contribution is -2.35. The van der Waals surface area contributed by atoms with Crippen LogP contribution < -0.4 is 15.7 Å². The Bertz CT molecular complexity index is 4580. The van der Waals surface area contributed by atoms with Crippen molar-refractivity contribution in [3.05, 3.63) is 175 Å². The molecule has 0 fully saturated rings. The van der Waals surface area contributed by atoms with Crippen LogP contribution in [-0.4, -0.2) is 21.5 Å². The molecule has 53 heavy (non-hydrogen) atoms. The Hall–Kier alpha value is -6.98. The number of hydrogen-bond donors (Lipinski definition) is 1. The summed E-state index contributed by atoms with van der Waals surface area (Å²) in [4.78, 5) is 0. The van der Waals surface area contributed by atoms with Crippen LogP contribution in [0.5, 0.6) is 17.2 Å². The largest absolute Gasteiger partial charge is 0.507 e. The van der Waals surface area contributed by atoms with E-state index in [-0.39, 0.29) is 0 Å². The van der Waals surface area contributed by atoms with E-state index < -0.39 is 281 Å². The van der Waals surface area contributed by atoms with Crippen LogP contribution in [-0.2, 0) is 0 Å². The zero-order valence-corrected chi connectivity index (χ0v) is 26.3. The third-order valence-electron chi connectivity index (χ3n) is 8.58. The van der Waals surface area contributed by atoms with Crippen LogP contribution in [0.25, 0.3) is 77.2 Å². The molecule has 11 rings (SSSR count). The summed E-state index contributed by atoms with van der Waals surface area (Å²) in [6.45, 7) is 0. The molecule has 10 aromatic rings. The maximum absolute atomic E-state index is 12.5. The fraction of sp³-hybridized carbons (Fsp3) is 0. The molecule has 0 spiro atoms. The summed E-state index contributed by atoms with van der Waals surface area (Å²) in [5.74, 6) is -2.78. The Balaban J connectivity index is 1.31. The summed E-state index contributed by atoms with van der Waals surface area (Å²) < 4.78 is 268. The first-order valence-electron chi connectivity index (χ1n) is 30.1. The molecular weight excluding hydrogens is 647 g/mol. The summed E-state index contributed by atoms with van der Waals surface area (Å²) in [5, 5.41) is 10.5. The van der Waals surface area contributed by atoms with Crippen molar-refractivity contribution in [3.63, 3.8) is 0 Å². The Morgan fingerprint density at radius 1 is 0.453 bits per heavy atom. The Morgan fingerprint density at radius 2 is 1.00 bits per heavy atom. The Morgan fingerprint density at radius 3 is 1.62 bits per heavy atom. The normalized spacial score (nSPS) is 19.8. The molecule has 1 radical (unpaired) electrons. The van der Waals surface area contributed by atoms with E-state index in [0.29, 0.717) is 9.13 Å². The van der Waals surface area contributed by atoms with Gasteiger partial charge in [0, 0.05) is 44.5 Å². The minimum Gasteiger partial charge on any atom is -0.507 e. The molecule has 0 saturated heterocycles. The molecule has 3 heterocycles. The topological polar surface area (TPSA) is 39.3 Å². The molecular formula is C48H30BN2O2. The summed E-state index contributed by atoms with van der Waals surface area (Å²) in [5.41, 5.74) is -9.01. The predicted octanol–water partition coefficient (Wildman–Crippen LogP) is 10.7. The number of para-hydroxylation sites is 5. The number of hydrogen-bond acceptors (Lipinski definition) is 2. The molecule has 0 atom stereocenters. The van der Waals surface area contributed by atoms with E-state index >= 15 is 0 Å². The SMILES string of the molecule is [2H]c1c([2H])c([2H])c2c(c1[2H])[B]c1c(c([2H])c(-c3c([2H])c([2H])c([2H])c(-n4c5c([2H])c([2H])c([2H])c([2H])c5c5c([2H])c([2H])c([2H])c([2H])c54)c3[2H])c([2H])c1-c1c([2H])c([2H])c(-n3c4c([2H])c([2H])c([2H])c([2H])c4c4c([2H])c([2H])c([2H])c([2H])c43)c([2H])c1O)O2. The lowest BCUT2D eigenvalue weighted by Gasteiger charge is -2.24. The maximum Gasteiger partial charge on any atom is 0.202 e. The van der Waals surface area contributed by atoms with Crippen LogP contribution in [0.4, 0.5) is 0 Å². The van der Waals surface area contributed by atoms with E-state index in [1.807, 2.05) is 0 Å². The highest BCUT2D eigenvalue weighted by atomic mass is 16.5. The van der Waals surface area contributed by atoms with Gasteiger partial charge < -0.3 is 19.0 Å². The fourth-order valence-corrected chi connectivity index (χ4v) is 6.34. The highest BCUT2D eigenvalue weighted by molar-refractivity contribution is 6.71. The van der Waals surface area contributed by atoms with Gasteiger partial charge in [-0.25, -0.2) is 0 Å². The molecule has 1 aliphatic rings. The molecule has 1 N–H and O–H groups in total. The van der Waals surface area contributed by atoms with Gasteiger partial charge in [-0.05, 0) is 94.1 Å². The second kappa shape index (κ2) is 11.5. The number of phenols is 1. The highest BCUT2D eigenvalue weighted by Gasteiger charge is 2.25. The standard InChI is InChI=1S/C48H30BN2O2/c52-45-29-33(51-43-21-8-3-16-36(43)37-17-4-9-22-44(37)51)24-25-38(45)39-27-31(28-47-48(39)49-40-18-5-10-23-46(40)53-47)30-12-11-13-32(26-30)50-41-19-6-1-14-34(41)35-15-2-7-20-42(35)50/h1-29,52H/i1D,2D,3D,4D,5D,6D,7D,8D,9D,10D,11D,12D,13D,14D,15D,16D,17D,18D,19D,20D,21D,22D,23D,24D,25D,26D,27D,28D,29D. The van der Waals surface area contributed by atoms with Crippen LogP contribution in [0.2, 0.25) is 0 Å². The van der Waals surface area contributed by atoms with Crippen LogP contribution in [0.15, 0.2) is 175 Å². The van der Waals surface area contributed by atoms with Crippen molar-refractivity contribution in [3.8, 4) is 50.9 Å². The van der Waals surface area contributed by atoms with E-state index in [0.717, 1.165) is 7.28 Å². The summed E-state index contributed by atoms with van der Waals surface area (Å²) in [6.07, 6.45) is 0. The quantitative estimate of drug-likeness (QED) is 0.185. The predicted molar refractivity (Wildman–Crippen MR) is 219 cm³/mol. The van der Waals surface area contributed by atoms with E-state index in [4.69, 9.17) is 32.2 Å². The first-order chi connectivity index (χ1) is 38.3. The summed E-state index contributed by atoms with van der Waals surface area (Å²) >= 11 is 0. The van der Waals surface area contributed by atoms with Gasteiger partial charge in [0.05, 0.1) is 61.8 Å². The number of phenolic OH excluding ortho intramolecular Hbond substituents is 1. The Labute approximate surface area is 347 Å². The van der Waals surface area contributed by atoms with Gasteiger partial charge >= 0.3 is 0 Å². The van der Waals surface area contributed by atoms with E-state index in [9.17, 15) is 17.4 Å². The average molecular weight is 707 g/mol. The van der Waals surface area contributed by atoms with Gasteiger partial charge in [-0.3, -0.25) is 0 Å². The first-order valence-corrected chi connectivity index (χ1v) is 15.6. The summed E-state index contributed by atoms with van der Waals surface area (Å²) in [7, 11) is 0.969. The molecule has 0 amide bonds. The summed E-state index contributed by atoms with van der Waals surface area (Å²) in [6, 6.07) is -26.9. The van der Waals surface area contributed by atoms with Gasteiger partial charge in [-0.2, -0.15) is 0 Å². The Kier molecular flexibility index (Phi) is 2.81. The average Bonchev–Trinajstić information content (AvgIpc) is 1.63. The zero-order chi connectivity index (χ0) is 60.3. The number of rotatable bonds is 4. The van der Waals surface area contributed by atoms with E-state index in [2.05, 4.69) is 0 Å². The van der Waals surface area contributed by atoms with Crippen LogP contribution in [0.1, 0.15) is 39.8 Å². The van der Waals surface area contributed by atoms with Crippen LogP contribution >= 0.6 is 0 Å². The van der Waals surface area contributed by atoms with Gasteiger partial charge in [0.2, 0.25) is 7.28 Å². The molecule has 0 unspecified atom stereocenters. The molecule has 0 aliphatic carbocycles. The van der Waals surface area contributed by atoms with Crippen LogP contribution in [0.3, 0.4) is 0 Å². The van der Waals surface area contributed by atoms with Gasteiger partial charge in [-0.15, -0.1) is 0 Å². The van der Waals surface area contributed by atoms with Crippen LogP contribution in [0, 0.1) is 0 Å². The van der Waals surface area contributed by atoms with Crippen molar-refractivity contribution in [2.24, 2.45) is 0 Å². The van der Waals surface area contributed by atoms with Crippen molar-refractivity contribution in [1.29, 1.82) is 0 Å². The fourth-order valence-electron chi connectivity index (χ4n) is 6.34. The van der Waals surface area contributed by atoms with Gasteiger partial charge in [0.25, 0.3) is 0 Å². The lowest BCUT2D eigenvalue weighted by atomic mass is 9.59. The molecule has 2 aromatic heterocycles. The minimum atomic E-state index is -1.35. The molecule has 8 aromatic carbocycles. The molecule has 0 bridgehead atoms. The number of aromatic nitrogens is 2. The van der Waals surface area contributed by atoms with E-state index in [1.165, 1.54) is 0 Å². The molecule has 0 saturated carbocycles. The van der Waals surface area contributed by atoms with Crippen molar-refractivity contribution < 1.29 is 49.6 Å². The lowest BCUT2D eigenvalue weighted by molar-refractivity contribution is 0.477. The van der Waals surface area contributed by atoms with Crippen molar-refractivity contribution in [2.75, 3.05) is 0 Å². The maximum atomic E-state index is 12.5. The smallest absolute Gasteiger partial charge is 0.202 e. The second-order valence-electron chi connectivity index (χ2n) is 11.5. The van der Waals surface area contributed by atoms with E-state index in [1.54, 1.807) is 0 Å². The molecule has 5 heteroatoms. The number of nitrogens with zero attached hydrogens (tertiary/aromatic N) is 2.